The van der Waals surface area contributed by atoms with E-state index in [9.17, 15) is 4.79 Å². The van der Waals surface area contributed by atoms with E-state index in [1.165, 1.54) is 17.3 Å². The van der Waals surface area contributed by atoms with Crippen LogP contribution >= 0.6 is 11.8 Å². The molecule has 0 unspecified atom stereocenters. The molecule has 0 bridgehead atoms. The number of aryl methyl sites for hydroxylation is 2. The molecule has 3 heterocycles. The Balaban J connectivity index is 1.62. The molecule has 1 aromatic carbocycles. The van der Waals surface area contributed by atoms with Crippen LogP contribution in [-0.4, -0.2) is 49.6 Å². The Kier molecular flexibility index (Phi) is 7.59. The van der Waals surface area contributed by atoms with Gasteiger partial charge in [-0.05, 0) is 56.2 Å². The molecule has 0 N–H and O–H groups in total. The highest BCUT2D eigenvalue weighted by atomic mass is 32.2. The Hall–Kier alpha value is -3.23. The molecule has 4 rings (SSSR count). The minimum atomic E-state index is 0.0723. The van der Waals surface area contributed by atoms with E-state index in [0.717, 1.165) is 47.0 Å². The number of carbonyl (C=O) groups excluding carboxylic acids is 1. The number of Topliss-reactive ketones (excluding diaryl/α,β-unsaturated/α-hetero) is 1. The van der Waals surface area contributed by atoms with Gasteiger partial charge in [0.05, 0.1) is 12.4 Å². The monoisotopic (exact) mass is 475 g/mol. The Labute approximate surface area is 204 Å². The van der Waals surface area contributed by atoms with Crippen LogP contribution in [-0.2, 0) is 17.7 Å². The van der Waals surface area contributed by atoms with Crippen LogP contribution < -0.4 is 0 Å². The largest absolute Gasteiger partial charge is 0.383 e. The Morgan fingerprint density at radius 1 is 1.06 bits per heavy atom. The topological polar surface area (TPSA) is 74.8 Å². The van der Waals surface area contributed by atoms with Crippen LogP contribution in [0.2, 0.25) is 0 Å². The number of ketones is 1. The number of rotatable bonds is 10. The van der Waals surface area contributed by atoms with Crippen molar-refractivity contribution in [3.05, 3.63) is 77.4 Å². The maximum absolute atomic E-state index is 13.2. The molecular weight excluding hydrogens is 446 g/mol. The first-order valence-electron chi connectivity index (χ1n) is 11.3. The molecule has 0 saturated carbocycles. The lowest BCUT2D eigenvalue weighted by Crippen LogP contribution is -2.10. The van der Waals surface area contributed by atoms with Gasteiger partial charge in [0.15, 0.2) is 16.8 Å². The number of benzene rings is 1. The van der Waals surface area contributed by atoms with Crippen LogP contribution in [0, 0.1) is 13.8 Å². The van der Waals surface area contributed by atoms with E-state index in [-0.39, 0.29) is 11.5 Å². The lowest BCUT2D eigenvalue weighted by atomic mass is 10.1. The summed E-state index contributed by atoms with van der Waals surface area (Å²) in [5.41, 5.74) is 5.91. The molecule has 176 valence electrons. The summed E-state index contributed by atoms with van der Waals surface area (Å²) in [7, 11) is 1.68. The fraction of sp³-hybridized carbons (Fsp3) is 0.308. The molecule has 0 spiro atoms. The fourth-order valence-electron chi connectivity index (χ4n) is 3.98. The van der Waals surface area contributed by atoms with E-state index < -0.39 is 0 Å². The summed E-state index contributed by atoms with van der Waals surface area (Å²) >= 11 is 1.40. The number of carbonyl (C=O) groups is 1. The normalized spacial score (nSPS) is 11.2. The molecule has 4 aromatic rings. The lowest BCUT2D eigenvalue weighted by Gasteiger charge is -2.11. The van der Waals surface area contributed by atoms with E-state index in [1.54, 1.807) is 19.5 Å². The summed E-state index contributed by atoms with van der Waals surface area (Å²) in [6, 6.07) is 14.2. The summed E-state index contributed by atoms with van der Waals surface area (Å²) in [6.45, 7) is 7.47. The average molecular weight is 476 g/mol. The molecule has 7 nitrogen and oxygen atoms in total. The number of hydrogen-bond acceptors (Lipinski definition) is 6. The van der Waals surface area contributed by atoms with Gasteiger partial charge in [-0.15, -0.1) is 10.2 Å². The number of methoxy groups -OCH3 is 1. The van der Waals surface area contributed by atoms with Crippen molar-refractivity contribution < 1.29 is 9.53 Å². The first-order valence-corrected chi connectivity index (χ1v) is 12.3. The van der Waals surface area contributed by atoms with Gasteiger partial charge in [-0.1, -0.05) is 30.8 Å². The van der Waals surface area contributed by atoms with Gasteiger partial charge in [0.1, 0.15) is 0 Å². The van der Waals surface area contributed by atoms with E-state index in [1.807, 2.05) is 36.6 Å². The third-order valence-corrected chi connectivity index (χ3v) is 6.83. The molecule has 8 heteroatoms. The van der Waals surface area contributed by atoms with Gasteiger partial charge in [-0.25, -0.2) is 0 Å². The van der Waals surface area contributed by atoms with Gasteiger partial charge in [0, 0.05) is 54.3 Å². The van der Waals surface area contributed by atoms with Gasteiger partial charge in [-0.2, -0.15) is 0 Å². The second-order valence-electron chi connectivity index (χ2n) is 8.04. The van der Waals surface area contributed by atoms with E-state index in [2.05, 4.69) is 50.9 Å². The van der Waals surface area contributed by atoms with Crippen molar-refractivity contribution in [3.63, 3.8) is 0 Å². The van der Waals surface area contributed by atoms with Gasteiger partial charge >= 0.3 is 0 Å². The maximum Gasteiger partial charge on any atom is 0.196 e. The number of ether oxygens (including phenoxy) is 1. The fourth-order valence-corrected chi connectivity index (χ4v) is 4.82. The van der Waals surface area contributed by atoms with Crippen LogP contribution in [0.4, 0.5) is 0 Å². The predicted octanol–water partition coefficient (Wildman–Crippen LogP) is 4.93. The number of thioether (sulfide) groups is 1. The SMILES string of the molecule is CCc1ccc(-n2c(SCC(=O)c3cc(C)n(CCOC)c3C)nnc2-c2ccncc2)cc1. The summed E-state index contributed by atoms with van der Waals surface area (Å²) in [4.78, 5) is 17.3. The van der Waals surface area contributed by atoms with Crippen molar-refractivity contribution >= 4 is 17.5 Å². The van der Waals surface area contributed by atoms with Crippen LogP contribution in [0.25, 0.3) is 17.1 Å². The third kappa shape index (κ3) is 4.98. The van der Waals surface area contributed by atoms with Gasteiger partial charge in [0.25, 0.3) is 0 Å². The zero-order valence-corrected chi connectivity index (χ0v) is 20.8. The molecule has 0 radical (unpaired) electrons. The summed E-state index contributed by atoms with van der Waals surface area (Å²) < 4.78 is 9.34. The zero-order valence-electron chi connectivity index (χ0n) is 20.0. The molecule has 0 fully saturated rings. The number of nitrogens with zero attached hydrogens (tertiary/aromatic N) is 5. The first kappa shape index (κ1) is 23.9. The van der Waals surface area contributed by atoms with Crippen molar-refractivity contribution in [2.75, 3.05) is 19.5 Å². The van der Waals surface area contributed by atoms with Crippen LogP contribution in [0.5, 0.6) is 0 Å². The highest BCUT2D eigenvalue weighted by Crippen LogP contribution is 2.29. The summed E-state index contributed by atoms with van der Waals surface area (Å²) in [5, 5.41) is 9.58. The molecule has 0 aliphatic heterocycles. The summed E-state index contributed by atoms with van der Waals surface area (Å²) in [6.07, 6.45) is 4.45. The van der Waals surface area contributed by atoms with Crippen molar-refractivity contribution in [1.29, 1.82) is 0 Å². The molecule has 3 aromatic heterocycles. The minimum Gasteiger partial charge on any atom is -0.383 e. The quantitative estimate of drug-likeness (QED) is 0.239. The Morgan fingerprint density at radius 3 is 2.47 bits per heavy atom. The first-order chi connectivity index (χ1) is 16.5. The molecule has 0 saturated heterocycles. The molecule has 34 heavy (non-hydrogen) atoms. The maximum atomic E-state index is 13.2. The third-order valence-electron chi connectivity index (χ3n) is 5.90. The second kappa shape index (κ2) is 10.8. The van der Waals surface area contributed by atoms with Crippen molar-refractivity contribution in [2.24, 2.45) is 0 Å². The zero-order chi connectivity index (χ0) is 24.1. The van der Waals surface area contributed by atoms with E-state index >= 15 is 0 Å². The van der Waals surface area contributed by atoms with Crippen LogP contribution in [0.1, 0.15) is 34.2 Å². The molecule has 0 amide bonds. The van der Waals surface area contributed by atoms with Crippen LogP contribution in [0.15, 0.2) is 60.0 Å². The number of pyridine rings is 1. The average Bonchev–Trinajstić information content (AvgIpc) is 3.42. The highest BCUT2D eigenvalue weighted by Gasteiger charge is 2.20. The number of hydrogen-bond donors (Lipinski definition) is 0. The predicted molar refractivity (Wildman–Crippen MR) is 135 cm³/mol. The Morgan fingerprint density at radius 2 is 1.79 bits per heavy atom. The van der Waals surface area contributed by atoms with Gasteiger partial charge in [0.2, 0.25) is 0 Å². The molecule has 0 aliphatic carbocycles. The molecule has 0 aliphatic rings. The van der Waals surface area contributed by atoms with Gasteiger partial charge < -0.3 is 9.30 Å². The van der Waals surface area contributed by atoms with Gasteiger partial charge in [-0.3, -0.25) is 14.3 Å². The second-order valence-corrected chi connectivity index (χ2v) is 8.98. The van der Waals surface area contributed by atoms with Crippen molar-refractivity contribution in [3.8, 4) is 17.1 Å². The van der Waals surface area contributed by atoms with Crippen molar-refractivity contribution in [2.45, 2.75) is 38.9 Å². The molecule has 0 atom stereocenters. The highest BCUT2D eigenvalue weighted by molar-refractivity contribution is 7.99. The molecular formula is C26H29N5O2S. The smallest absolute Gasteiger partial charge is 0.196 e. The van der Waals surface area contributed by atoms with E-state index in [4.69, 9.17) is 4.74 Å². The summed E-state index contributed by atoms with van der Waals surface area (Å²) in [5.74, 6) is 1.07. The lowest BCUT2D eigenvalue weighted by molar-refractivity contribution is 0.102. The minimum absolute atomic E-state index is 0.0723. The Bertz CT molecular complexity index is 1260. The van der Waals surface area contributed by atoms with Crippen molar-refractivity contribution in [1.82, 2.24) is 24.3 Å². The standard InChI is InChI=1S/C26H29N5O2S/c1-5-20-6-8-22(9-7-20)31-25(21-10-12-27-13-11-21)28-29-26(31)34-17-24(32)23-16-18(2)30(19(23)3)14-15-33-4/h6-13,16H,5,14-15,17H2,1-4H3. The van der Waals surface area contributed by atoms with Crippen LogP contribution in [0.3, 0.4) is 0 Å². The van der Waals surface area contributed by atoms with E-state index in [0.29, 0.717) is 11.8 Å². The number of aromatic nitrogens is 5.